The molecule has 0 saturated carbocycles. The molecule has 25 heavy (non-hydrogen) atoms. The summed E-state index contributed by atoms with van der Waals surface area (Å²) in [5.74, 6) is 0.337. The van der Waals surface area contributed by atoms with Crippen LogP contribution in [-0.2, 0) is 0 Å². The number of benzene rings is 2. The molecule has 0 unspecified atom stereocenters. The highest BCUT2D eigenvalue weighted by atomic mass is 19.4. The molecule has 0 fully saturated rings. The molecule has 136 valence electrons. The monoisotopic (exact) mass is 353 g/mol. The van der Waals surface area contributed by atoms with E-state index in [0.29, 0.717) is 18.0 Å². The number of anilines is 1. The second-order valence-electron chi connectivity index (χ2n) is 5.73. The maximum Gasteiger partial charge on any atom is 0.573 e. The number of ether oxygens (including phenoxy) is 2. The summed E-state index contributed by atoms with van der Waals surface area (Å²) in [4.78, 5) is 0. The summed E-state index contributed by atoms with van der Waals surface area (Å²) in [6.07, 6.45) is -0.295. The molecule has 0 spiro atoms. The quantitative estimate of drug-likeness (QED) is 0.482. The second kappa shape index (κ2) is 8.65. The smallest absolute Gasteiger partial charge is 0.491 e. The Labute approximate surface area is 145 Å². The Balaban J connectivity index is 2.05. The van der Waals surface area contributed by atoms with E-state index in [2.05, 4.69) is 11.7 Å². The molecule has 6 heteroatoms. The Bertz CT molecular complexity index is 669. The van der Waals surface area contributed by atoms with Crippen molar-refractivity contribution in [3.05, 3.63) is 42.5 Å². The Hall–Kier alpha value is -2.37. The van der Waals surface area contributed by atoms with Crippen LogP contribution in [0.2, 0.25) is 0 Å². The van der Waals surface area contributed by atoms with Crippen LogP contribution in [0.25, 0.3) is 11.1 Å². The normalized spacial score (nSPS) is 11.4. The van der Waals surface area contributed by atoms with Crippen molar-refractivity contribution >= 4 is 5.69 Å². The minimum absolute atomic E-state index is 0.251. The highest BCUT2D eigenvalue weighted by molar-refractivity contribution is 5.70. The molecule has 0 aliphatic heterocycles. The predicted molar refractivity (Wildman–Crippen MR) is 92.6 cm³/mol. The zero-order chi connectivity index (χ0) is 18.3. The molecule has 0 heterocycles. The van der Waals surface area contributed by atoms with Gasteiger partial charge in [-0.25, -0.2) is 0 Å². The number of hydrogen-bond acceptors (Lipinski definition) is 3. The van der Waals surface area contributed by atoms with Crippen molar-refractivity contribution in [2.45, 2.75) is 39.0 Å². The number of alkyl halides is 3. The van der Waals surface area contributed by atoms with Crippen molar-refractivity contribution in [2.75, 3.05) is 12.3 Å². The molecule has 2 N–H and O–H groups in total. The molecule has 2 aromatic rings. The fourth-order valence-electron chi connectivity index (χ4n) is 2.40. The lowest BCUT2D eigenvalue weighted by atomic mass is 10.0. The first-order valence-electron chi connectivity index (χ1n) is 8.27. The number of unbranched alkanes of at least 4 members (excludes halogenated alkanes) is 3. The number of rotatable bonds is 8. The van der Waals surface area contributed by atoms with Crippen molar-refractivity contribution in [3.8, 4) is 22.6 Å². The summed E-state index contributed by atoms with van der Waals surface area (Å²) in [6.45, 7) is 2.74. The fourth-order valence-corrected chi connectivity index (χ4v) is 2.40. The maximum absolute atomic E-state index is 12.2. The van der Waals surface area contributed by atoms with Crippen LogP contribution in [0.5, 0.6) is 11.5 Å². The molecular formula is C19H22F3NO2. The first-order chi connectivity index (χ1) is 11.9. The van der Waals surface area contributed by atoms with Gasteiger partial charge in [0.15, 0.2) is 0 Å². The molecule has 0 bridgehead atoms. The average Bonchev–Trinajstić information content (AvgIpc) is 2.55. The van der Waals surface area contributed by atoms with Gasteiger partial charge in [0.1, 0.15) is 11.5 Å². The molecule has 0 saturated heterocycles. The number of nitrogens with two attached hydrogens (primary N) is 1. The third kappa shape index (κ3) is 6.21. The van der Waals surface area contributed by atoms with E-state index in [1.165, 1.54) is 18.6 Å². The molecule has 0 aliphatic rings. The predicted octanol–water partition coefficient (Wildman–Crippen LogP) is 5.79. The lowest BCUT2D eigenvalue weighted by Crippen LogP contribution is -2.16. The van der Waals surface area contributed by atoms with Gasteiger partial charge in [-0.3, -0.25) is 0 Å². The minimum atomic E-state index is -4.69. The van der Waals surface area contributed by atoms with Crippen LogP contribution in [0.3, 0.4) is 0 Å². The molecule has 0 atom stereocenters. The van der Waals surface area contributed by atoms with Gasteiger partial charge in [0.05, 0.1) is 12.3 Å². The standard InChI is InChI=1S/C19H22F3NO2/c1-2-3-4-5-12-24-18-13-15(8-11-17(18)23)14-6-9-16(10-7-14)25-19(20,21)22/h6-11,13H,2-5,12,23H2,1H3. The molecule has 0 aromatic heterocycles. The second-order valence-corrected chi connectivity index (χ2v) is 5.73. The van der Waals surface area contributed by atoms with Crippen molar-refractivity contribution in [2.24, 2.45) is 0 Å². The van der Waals surface area contributed by atoms with Gasteiger partial charge in [-0.05, 0) is 41.8 Å². The Morgan fingerprint density at radius 1 is 0.920 bits per heavy atom. The topological polar surface area (TPSA) is 44.5 Å². The molecular weight excluding hydrogens is 331 g/mol. The SMILES string of the molecule is CCCCCCOc1cc(-c2ccc(OC(F)(F)F)cc2)ccc1N. The highest BCUT2D eigenvalue weighted by Gasteiger charge is 2.30. The number of halogens is 3. The van der Waals surface area contributed by atoms with Crippen molar-refractivity contribution < 1.29 is 22.6 Å². The first kappa shape index (κ1) is 19.0. The van der Waals surface area contributed by atoms with Gasteiger partial charge in [-0.2, -0.15) is 0 Å². The third-order valence-corrected chi connectivity index (χ3v) is 3.69. The van der Waals surface area contributed by atoms with Crippen LogP contribution < -0.4 is 15.2 Å². The van der Waals surface area contributed by atoms with Crippen LogP contribution >= 0.6 is 0 Å². The van der Waals surface area contributed by atoms with E-state index in [0.717, 1.165) is 30.4 Å². The van der Waals surface area contributed by atoms with Crippen LogP contribution in [0, 0.1) is 0 Å². The molecule has 0 radical (unpaired) electrons. The Morgan fingerprint density at radius 3 is 2.24 bits per heavy atom. The molecule has 2 aromatic carbocycles. The summed E-state index contributed by atoms with van der Waals surface area (Å²) in [7, 11) is 0. The van der Waals surface area contributed by atoms with E-state index in [9.17, 15) is 13.2 Å². The van der Waals surface area contributed by atoms with Gasteiger partial charge in [0, 0.05) is 0 Å². The zero-order valence-corrected chi connectivity index (χ0v) is 14.1. The fraction of sp³-hybridized carbons (Fsp3) is 0.368. The van der Waals surface area contributed by atoms with E-state index in [-0.39, 0.29) is 5.75 Å². The van der Waals surface area contributed by atoms with Crippen LogP contribution in [-0.4, -0.2) is 13.0 Å². The zero-order valence-electron chi connectivity index (χ0n) is 14.1. The van der Waals surface area contributed by atoms with E-state index in [1.54, 1.807) is 30.3 Å². The summed E-state index contributed by atoms with van der Waals surface area (Å²) >= 11 is 0. The molecule has 3 nitrogen and oxygen atoms in total. The van der Waals surface area contributed by atoms with Gasteiger partial charge >= 0.3 is 6.36 Å². The first-order valence-corrected chi connectivity index (χ1v) is 8.27. The third-order valence-electron chi connectivity index (χ3n) is 3.69. The Kier molecular flexibility index (Phi) is 6.56. The average molecular weight is 353 g/mol. The van der Waals surface area contributed by atoms with Gasteiger partial charge in [0.2, 0.25) is 0 Å². The van der Waals surface area contributed by atoms with Crippen molar-refractivity contribution in [1.82, 2.24) is 0 Å². The van der Waals surface area contributed by atoms with E-state index >= 15 is 0 Å². The van der Waals surface area contributed by atoms with Gasteiger partial charge in [-0.15, -0.1) is 13.2 Å². The molecule has 2 rings (SSSR count). The van der Waals surface area contributed by atoms with E-state index in [1.807, 2.05) is 0 Å². The van der Waals surface area contributed by atoms with Crippen LogP contribution in [0.15, 0.2) is 42.5 Å². The number of hydrogen-bond donors (Lipinski definition) is 1. The van der Waals surface area contributed by atoms with Gasteiger partial charge in [-0.1, -0.05) is 44.4 Å². The Morgan fingerprint density at radius 2 is 1.60 bits per heavy atom. The highest BCUT2D eigenvalue weighted by Crippen LogP contribution is 2.31. The lowest BCUT2D eigenvalue weighted by molar-refractivity contribution is -0.274. The summed E-state index contributed by atoms with van der Waals surface area (Å²) in [5, 5.41) is 0. The molecule has 0 aliphatic carbocycles. The van der Waals surface area contributed by atoms with Crippen molar-refractivity contribution in [1.29, 1.82) is 0 Å². The summed E-state index contributed by atoms with van der Waals surface area (Å²) in [5.41, 5.74) is 8.04. The van der Waals surface area contributed by atoms with E-state index < -0.39 is 6.36 Å². The summed E-state index contributed by atoms with van der Waals surface area (Å²) < 4.78 is 46.2. The number of nitrogen functional groups attached to an aromatic ring is 1. The van der Waals surface area contributed by atoms with Crippen LogP contribution in [0.1, 0.15) is 32.6 Å². The summed E-state index contributed by atoms with van der Waals surface area (Å²) in [6, 6.07) is 11.0. The van der Waals surface area contributed by atoms with E-state index in [4.69, 9.17) is 10.5 Å². The van der Waals surface area contributed by atoms with Gasteiger partial charge in [0.25, 0.3) is 0 Å². The van der Waals surface area contributed by atoms with Crippen molar-refractivity contribution in [3.63, 3.8) is 0 Å². The maximum atomic E-state index is 12.2. The lowest BCUT2D eigenvalue weighted by Gasteiger charge is -2.12. The van der Waals surface area contributed by atoms with Crippen LogP contribution in [0.4, 0.5) is 18.9 Å². The minimum Gasteiger partial charge on any atom is -0.491 e. The van der Waals surface area contributed by atoms with Gasteiger partial charge < -0.3 is 15.2 Å². The molecule has 0 amide bonds. The largest absolute Gasteiger partial charge is 0.573 e.